The fourth-order valence-corrected chi connectivity index (χ4v) is 3.56. The SMILES string of the molecule is COc1cc(/C=C2/C(=O)NN(c3ccc(C)c(Cl)c3)C2=O)ccc1OCc1ccc(Cl)cc1. The van der Waals surface area contributed by atoms with E-state index in [0.29, 0.717) is 39.4 Å². The number of hydrogen-bond acceptors (Lipinski definition) is 4. The lowest BCUT2D eigenvalue weighted by Gasteiger charge is -2.15. The van der Waals surface area contributed by atoms with Crippen LogP contribution in [0, 0.1) is 6.92 Å². The topological polar surface area (TPSA) is 67.9 Å². The highest BCUT2D eigenvalue weighted by molar-refractivity contribution is 6.33. The number of anilines is 1. The van der Waals surface area contributed by atoms with Gasteiger partial charge in [0.25, 0.3) is 11.8 Å². The molecule has 0 aliphatic carbocycles. The molecule has 1 fully saturated rings. The van der Waals surface area contributed by atoms with E-state index in [0.717, 1.165) is 11.1 Å². The minimum atomic E-state index is -0.501. The number of carbonyl (C=O) groups is 2. The Morgan fingerprint density at radius 1 is 0.970 bits per heavy atom. The minimum Gasteiger partial charge on any atom is -0.493 e. The van der Waals surface area contributed by atoms with Crippen molar-refractivity contribution in [2.75, 3.05) is 12.1 Å². The smallest absolute Gasteiger partial charge is 0.282 e. The summed E-state index contributed by atoms with van der Waals surface area (Å²) in [6, 6.07) is 17.7. The molecule has 1 heterocycles. The van der Waals surface area contributed by atoms with Crippen molar-refractivity contribution in [1.82, 2.24) is 5.43 Å². The molecular formula is C25H20Cl2N2O4. The van der Waals surface area contributed by atoms with Crippen LogP contribution in [-0.4, -0.2) is 18.9 Å². The number of halogens is 2. The number of hydrazine groups is 1. The second-order valence-electron chi connectivity index (χ2n) is 7.40. The zero-order valence-electron chi connectivity index (χ0n) is 17.9. The Morgan fingerprint density at radius 2 is 1.73 bits per heavy atom. The van der Waals surface area contributed by atoms with Gasteiger partial charge in [0.15, 0.2) is 11.5 Å². The van der Waals surface area contributed by atoms with Crippen LogP contribution in [0.2, 0.25) is 10.0 Å². The van der Waals surface area contributed by atoms with E-state index in [1.807, 2.05) is 19.1 Å². The summed E-state index contributed by atoms with van der Waals surface area (Å²) in [7, 11) is 1.53. The first-order valence-corrected chi connectivity index (χ1v) is 10.8. The van der Waals surface area contributed by atoms with Gasteiger partial charge in [0.05, 0.1) is 12.8 Å². The Bertz CT molecular complexity index is 1260. The Labute approximate surface area is 201 Å². The first-order valence-electron chi connectivity index (χ1n) is 10.0. The molecule has 0 aromatic heterocycles. The maximum absolute atomic E-state index is 12.9. The maximum Gasteiger partial charge on any atom is 0.282 e. The molecule has 0 atom stereocenters. The van der Waals surface area contributed by atoms with Crippen LogP contribution in [0.5, 0.6) is 11.5 Å². The van der Waals surface area contributed by atoms with Crippen LogP contribution < -0.4 is 19.9 Å². The Hall–Kier alpha value is -3.48. The summed E-state index contributed by atoms with van der Waals surface area (Å²) >= 11 is 12.1. The van der Waals surface area contributed by atoms with Crippen molar-refractivity contribution in [3.8, 4) is 11.5 Å². The first-order chi connectivity index (χ1) is 15.9. The number of nitrogens with zero attached hydrogens (tertiary/aromatic N) is 1. The lowest BCUT2D eigenvalue weighted by Crippen LogP contribution is -2.35. The molecule has 3 aromatic carbocycles. The average molecular weight is 483 g/mol. The Morgan fingerprint density at radius 3 is 2.42 bits per heavy atom. The lowest BCUT2D eigenvalue weighted by molar-refractivity contribution is -0.117. The largest absolute Gasteiger partial charge is 0.493 e. The number of aryl methyl sites for hydroxylation is 1. The molecule has 33 heavy (non-hydrogen) atoms. The second kappa shape index (κ2) is 9.57. The third-order valence-corrected chi connectivity index (χ3v) is 5.77. The molecule has 0 saturated carbocycles. The van der Waals surface area contributed by atoms with E-state index in [4.69, 9.17) is 32.7 Å². The second-order valence-corrected chi connectivity index (χ2v) is 8.24. The van der Waals surface area contributed by atoms with Gasteiger partial charge in [0.2, 0.25) is 0 Å². The molecule has 0 radical (unpaired) electrons. The van der Waals surface area contributed by atoms with Gasteiger partial charge in [-0.3, -0.25) is 15.0 Å². The molecule has 1 saturated heterocycles. The summed E-state index contributed by atoms with van der Waals surface area (Å²) in [6.07, 6.45) is 1.51. The number of benzene rings is 3. The monoisotopic (exact) mass is 482 g/mol. The summed E-state index contributed by atoms with van der Waals surface area (Å²) in [6.45, 7) is 2.20. The van der Waals surface area contributed by atoms with Gasteiger partial charge >= 0.3 is 0 Å². The van der Waals surface area contributed by atoms with Gasteiger partial charge in [-0.2, -0.15) is 0 Å². The Kier molecular flexibility index (Phi) is 6.58. The number of hydrogen-bond donors (Lipinski definition) is 1. The summed E-state index contributed by atoms with van der Waals surface area (Å²) in [5.41, 5.74) is 5.51. The van der Waals surface area contributed by atoms with Gasteiger partial charge in [-0.1, -0.05) is 47.5 Å². The molecule has 1 N–H and O–H groups in total. The van der Waals surface area contributed by atoms with Gasteiger partial charge in [-0.05, 0) is 66.1 Å². The van der Waals surface area contributed by atoms with Gasteiger partial charge in [-0.15, -0.1) is 0 Å². The first kappa shape index (κ1) is 22.7. The zero-order valence-corrected chi connectivity index (χ0v) is 19.4. The van der Waals surface area contributed by atoms with E-state index in [2.05, 4.69) is 5.43 Å². The van der Waals surface area contributed by atoms with E-state index in [9.17, 15) is 9.59 Å². The molecule has 0 spiro atoms. The molecule has 6 nitrogen and oxygen atoms in total. The van der Waals surface area contributed by atoms with E-state index >= 15 is 0 Å². The number of methoxy groups -OCH3 is 1. The van der Waals surface area contributed by atoms with Crippen molar-refractivity contribution >= 4 is 46.8 Å². The lowest BCUT2D eigenvalue weighted by atomic mass is 10.1. The molecule has 3 aromatic rings. The molecule has 2 amide bonds. The number of nitrogens with one attached hydrogen (secondary N) is 1. The predicted octanol–water partition coefficient (Wildman–Crippen LogP) is 5.35. The van der Waals surface area contributed by atoms with Crippen LogP contribution in [0.25, 0.3) is 6.08 Å². The molecular weight excluding hydrogens is 463 g/mol. The van der Waals surface area contributed by atoms with Gasteiger partial charge in [0, 0.05) is 10.0 Å². The number of ether oxygens (including phenoxy) is 2. The van der Waals surface area contributed by atoms with E-state index < -0.39 is 11.8 Å². The molecule has 168 valence electrons. The highest BCUT2D eigenvalue weighted by Crippen LogP contribution is 2.31. The summed E-state index contributed by atoms with van der Waals surface area (Å²) in [4.78, 5) is 25.4. The number of amides is 2. The molecule has 0 unspecified atom stereocenters. The number of carbonyl (C=O) groups excluding carboxylic acids is 2. The standard InChI is InChI=1S/C25H20Cl2N2O4/c1-15-3-9-19(13-21(15)27)29-25(31)20(24(30)28-29)11-17-6-10-22(23(12-17)32-2)33-14-16-4-7-18(26)8-5-16/h3-13H,14H2,1-2H3,(H,28,30)/b20-11-. The van der Waals surface area contributed by atoms with Crippen molar-refractivity contribution in [3.63, 3.8) is 0 Å². The van der Waals surface area contributed by atoms with Crippen LogP contribution >= 0.6 is 23.2 Å². The zero-order chi connectivity index (χ0) is 23.5. The average Bonchev–Trinajstić information content (AvgIpc) is 3.09. The van der Waals surface area contributed by atoms with E-state index in [-0.39, 0.29) is 5.57 Å². The molecule has 4 rings (SSSR count). The van der Waals surface area contributed by atoms with Gasteiger partial charge in [-0.25, -0.2) is 5.01 Å². The summed E-state index contributed by atoms with van der Waals surface area (Å²) in [5.74, 6) is 0.0414. The normalized spacial score (nSPS) is 14.5. The molecule has 1 aliphatic heterocycles. The summed E-state index contributed by atoms with van der Waals surface area (Å²) < 4.78 is 11.3. The third kappa shape index (κ3) is 4.97. The van der Waals surface area contributed by atoms with Crippen molar-refractivity contribution in [3.05, 3.63) is 93.0 Å². The maximum atomic E-state index is 12.9. The van der Waals surface area contributed by atoms with Gasteiger partial charge < -0.3 is 9.47 Å². The predicted molar refractivity (Wildman–Crippen MR) is 129 cm³/mol. The quantitative estimate of drug-likeness (QED) is 0.379. The van der Waals surface area contributed by atoms with Gasteiger partial charge in [0.1, 0.15) is 12.2 Å². The van der Waals surface area contributed by atoms with Crippen molar-refractivity contribution < 1.29 is 19.1 Å². The van der Waals surface area contributed by atoms with Crippen molar-refractivity contribution in [1.29, 1.82) is 0 Å². The van der Waals surface area contributed by atoms with E-state index in [1.54, 1.807) is 48.5 Å². The molecule has 0 bridgehead atoms. The molecule has 8 heteroatoms. The van der Waals surface area contributed by atoms with Crippen LogP contribution in [0.4, 0.5) is 5.69 Å². The molecule has 1 aliphatic rings. The van der Waals surface area contributed by atoms with Crippen LogP contribution in [-0.2, 0) is 16.2 Å². The number of rotatable bonds is 6. The highest BCUT2D eigenvalue weighted by Gasteiger charge is 2.34. The minimum absolute atomic E-state index is 0.00332. The van der Waals surface area contributed by atoms with Crippen LogP contribution in [0.15, 0.2) is 66.2 Å². The van der Waals surface area contributed by atoms with Crippen molar-refractivity contribution in [2.24, 2.45) is 0 Å². The van der Waals surface area contributed by atoms with E-state index in [1.165, 1.54) is 18.2 Å². The fraction of sp³-hybridized carbons (Fsp3) is 0.120. The van der Waals surface area contributed by atoms with Crippen molar-refractivity contribution in [2.45, 2.75) is 13.5 Å². The van der Waals surface area contributed by atoms with Crippen LogP contribution in [0.3, 0.4) is 0 Å². The Balaban J connectivity index is 1.54. The third-order valence-electron chi connectivity index (χ3n) is 5.11. The highest BCUT2D eigenvalue weighted by atomic mass is 35.5. The van der Waals surface area contributed by atoms with Crippen LogP contribution in [0.1, 0.15) is 16.7 Å². The summed E-state index contributed by atoms with van der Waals surface area (Å²) in [5, 5.41) is 2.34. The fourth-order valence-electron chi connectivity index (χ4n) is 3.26.